The second-order valence-corrected chi connectivity index (χ2v) is 6.22. The molecule has 0 fully saturated rings. The van der Waals surface area contributed by atoms with Gasteiger partial charge in [-0.1, -0.05) is 36.4 Å². The summed E-state index contributed by atoms with van der Waals surface area (Å²) in [5.41, 5.74) is 8.47. The predicted octanol–water partition coefficient (Wildman–Crippen LogP) is 2.22. The van der Waals surface area contributed by atoms with Gasteiger partial charge in [0, 0.05) is 12.8 Å². The van der Waals surface area contributed by atoms with Gasteiger partial charge in [-0.3, -0.25) is 0 Å². The zero-order valence-electron chi connectivity index (χ0n) is 10.1. The number of hydrogen-bond acceptors (Lipinski definition) is 3. The van der Waals surface area contributed by atoms with Crippen molar-refractivity contribution in [2.75, 3.05) is 6.26 Å². The highest BCUT2D eigenvalue weighted by atomic mass is 32.2. The van der Waals surface area contributed by atoms with E-state index in [9.17, 15) is 8.42 Å². The Morgan fingerprint density at radius 2 is 1.67 bits per heavy atom. The van der Waals surface area contributed by atoms with Crippen LogP contribution in [0.15, 0.2) is 53.4 Å². The van der Waals surface area contributed by atoms with E-state index in [4.69, 9.17) is 5.73 Å². The fourth-order valence-electron chi connectivity index (χ4n) is 1.74. The molecule has 18 heavy (non-hydrogen) atoms. The van der Waals surface area contributed by atoms with Crippen LogP contribution < -0.4 is 5.73 Å². The second kappa shape index (κ2) is 4.92. The molecule has 2 aromatic carbocycles. The Hall–Kier alpha value is -1.65. The standard InChI is InChI=1S/C14H15NO2S/c1-18(16,17)14-4-2-3-13(9-14)12-7-5-11(10-15)6-8-12/h2-9H,10,15H2,1H3. The molecule has 3 nitrogen and oxygen atoms in total. The molecule has 0 atom stereocenters. The Morgan fingerprint density at radius 1 is 1.00 bits per heavy atom. The first-order chi connectivity index (χ1) is 8.50. The van der Waals surface area contributed by atoms with E-state index in [1.54, 1.807) is 18.2 Å². The number of rotatable bonds is 3. The van der Waals surface area contributed by atoms with Crippen molar-refractivity contribution in [3.63, 3.8) is 0 Å². The van der Waals surface area contributed by atoms with Crippen LogP contribution in [0.5, 0.6) is 0 Å². The van der Waals surface area contributed by atoms with Crippen LogP contribution in [-0.2, 0) is 16.4 Å². The summed E-state index contributed by atoms with van der Waals surface area (Å²) in [5, 5.41) is 0. The number of hydrogen-bond donors (Lipinski definition) is 1. The Morgan fingerprint density at radius 3 is 2.22 bits per heavy atom. The minimum Gasteiger partial charge on any atom is -0.326 e. The van der Waals surface area contributed by atoms with Crippen molar-refractivity contribution in [2.24, 2.45) is 5.73 Å². The normalized spacial score (nSPS) is 11.4. The third-order valence-electron chi connectivity index (χ3n) is 2.79. The maximum absolute atomic E-state index is 11.5. The van der Waals surface area contributed by atoms with Crippen LogP contribution in [0.4, 0.5) is 0 Å². The summed E-state index contributed by atoms with van der Waals surface area (Å²) in [5.74, 6) is 0. The topological polar surface area (TPSA) is 60.2 Å². The molecule has 2 rings (SSSR count). The van der Waals surface area contributed by atoms with Gasteiger partial charge in [0.1, 0.15) is 0 Å². The van der Waals surface area contributed by atoms with E-state index in [-0.39, 0.29) is 0 Å². The molecule has 0 bridgehead atoms. The monoisotopic (exact) mass is 261 g/mol. The molecular formula is C14H15NO2S. The van der Waals surface area contributed by atoms with Gasteiger partial charge < -0.3 is 5.73 Å². The maximum atomic E-state index is 11.5. The van der Waals surface area contributed by atoms with Crippen LogP contribution >= 0.6 is 0 Å². The maximum Gasteiger partial charge on any atom is 0.175 e. The van der Waals surface area contributed by atoms with Crippen LogP contribution in [-0.4, -0.2) is 14.7 Å². The Kier molecular flexibility index (Phi) is 3.50. The van der Waals surface area contributed by atoms with Gasteiger partial charge in [0.05, 0.1) is 4.90 Å². The Bertz CT molecular complexity index is 646. The van der Waals surface area contributed by atoms with E-state index in [1.807, 2.05) is 30.3 Å². The smallest absolute Gasteiger partial charge is 0.175 e. The summed E-state index contributed by atoms with van der Waals surface area (Å²) >= 11 is 0. The SMILES string of the molecule is CS(=O)(=O)c1cccc(-c2ccc(CN)cc2)c1. The minimum atomic E-state index is -3.17. The van der Waals surface area contributed by atoms with Gasteiger partial charge in [-0.15, -0.1) is 0 Å². The highest BCUT2D eigenvalue weighted by molar-refractivity contribution is 7.90. The fourth-order valence-corrected chi connectivity index (χ4v) is 2.41. The molecule has 0 spiro atoms. The fraction of sp³-hybridized carbons (Fsp3) is 0.143. The van der Waals surface area contributed by atoms with Gasteiger partial charge >= 0.3 is 0 Å². The molecule has 0 saturated heterocycles. The lowest BCUT2D eigenvalue weighted by molar-refractivity contribution is 0.602. The lowest BCUT2D eigenvalue weighted by Gasteiger charge is -2.05. The summed E-state index contributed by atoms with van der Waals surface area (Å²) < 4.78 is 23.0. The molecule has 0 aliphatic rings. The summed E-state index contributed by atoms with van der Waals surface area (Å²) in [6.45, 7) is 0.504. The van der Waals surface area contributed by atoms with Crippen LogP contribution in [0.1, 0.15) is 5.56 Å². The molecule has 2 N–H and O–H groups in total. The van der Waals surface area contributed by atoms with E-state index in [1.165, 1.54) is 6.26 Å². The molecule has 2 aromatic rings. The lowest BCUT2D eigenvalue weighted by Crippen LogP contribution is -1.97. The summed E-state index contributed by atoms with van der Waals surface area (Å²) in [6.07, 6.45) is 1.21. The van der Waals surface area contributed by atoms with Crippen molar-refractivity contribution in [3.8, 4) is 11.1 Å². The summed E-state index contributed by atoms with van der Waals surface area (Å²) in [7, 11) is -3.17. The van der Waals surface area contributed by atoms with E-state index < -0.39 is 9.84 Å². The van der Waals surface area contributed by atoms with Gasteiger partial charge in [-0.2, -0.15) is 0 Å². The predicted molar refractivity (Wildman–Crippen MR) is 72.9 cm³/mol. The summed E-state index contributed by atoms with van der Waals surface area (Å²) in [4.78, 5) is 0.336. The van der Waals surface area contributed by atoms with Gasteiger partial charge in [-0.25, -0.2) is 8.42 Å². The highest BCUT2D eigenvalue weighted by Gasteiger charge is 2.08. The summed E-state index contributed by atoms with van der Waals surface area (Å²) in [6, 6.07) is 14.7. The molecule has 0 aliphatic heterocycles. The van der Waals surface area contributed by atoms with Gasteiger partial charge in [0.25, 0.3) is 0 Å². The Balaban J connectivity index is 2.44. The molecule has 0 unspecified atom stereocenters. The largest absolute Gasteiger partial charge is 0.326 e. The van der Waals surface area contributed by atoms with Crippen molar-refractivity contribution >= 4 is 9.84 Å². The van der Waals surface area contributed by atoms with E-state index in [0.717, 1.165) is 16.7 Å². The lowest BCUT2D eigenvalue weighted by atomic mass is 10.0. The second-order valence-electron chi connectivity index (χ2n) is 4.20. The third kappa shape index (κ3) is 2.78. The highest BCUT2D eigenvalue weighted by Crippen LogP contribution is 2.22. The quantitative estimate of drug-likeness (QED) is 0.921. The average molecular weight is 261 g/mol. The average Bonchev–Trinajstić information content (AvgIpc) is 2.38. The van der Waals surface area contributed by atoms with Crippen LogP contribution in [0.3, 0.4) is 0 Å². The van der Waals surface area contributed by atoms with Gasteiger partial charge in [0.2, 0.25) is 0 Å². The molecular weight excluding hydrogens is 246 g/mol. The molecule has 0 amide bonds. The molecule has 4 heteroatoms. The molecule has 0 aromatic heterocycles. The van der Waals surface area contributed by atoms with Crippen molar-refractivity contribution in [2.45, 2.75) is 11.4 Å². The first-order valence-corrected chi connectivity index (χ1v) is 7.49. The number of benzene rings is 2. The first kappa shape index (κ1) is 12.8. The number of nitrogens with two attached hydrogens (primary N) is 1. The van der Waals surface area contributed by atoms with E-state index in [0.29, 0.717) is 11.4 Å². The first-order valence-electron chi connectivity index (χ1n) is 5.60. The zero-order valence-corrected chi connectivity index (χ0v) is 10.9. The van der Waals surface area contributed by atoms with Crippen LogP contribution in [0.2, 0.25) is 0 Å². The van der Waals surface area contributed by atoms with Crippen molar-refractivity contribution in [1.29, 1.82) is 0 Å². The van der Waals surface area contributed by atoms with Crippen LogP contribution in [0, 0.1) is 0 Å². The molecule has 0 heterocycles. The van der Waals surface area contributed by atoms with Crippen molar-refractivity contribution in [3.05, 3.63) is 54.1 Å². The van der Waals surface area contributed by atoms with E-state index in [2.05, 4.69) is 0 Å². The van der Waals surface area contributed by atoms with Crippen LogP contribution in [0.25, 0.3) is 11.1 Å². The molecule has 0 aliphatic carbocycles. The number of sulfone groups is 1. The third-order valence-corrected chi connectivity index (χ3v) is 3.90. The zero-order chi connectivity index (χ0) is 13.2. The molecule has 94 valence electrons. The molecule has 0 saturated carbocycles. The minimum absolute atomic E-state index is 0.336. The molecule has 0 radical (unpaired) electrons. The van der Waals surface area contributed by atoms with Crippen molar-refractivity contribution < 1.29 is 8.42 Å². The van der Waals surface area contributed by atoms with Gasteiger partial charge in [-0.05, 0) is 28.8 Å². The van der Waals surface area contributed by atoms with Gasteiger partial charge in [0.15, 0.2) is 9.84 Å². The van der Waals surface area contributed by atoms with E-state index >= 15 is 0 Å². The Labute approximate surface area is 107 Å². The van der Waals surface area contributed by atoms with Crippen molar-refractivity contribution in [1.82, 2.24) is 0 Å².